The van der Waals surface area contributed by atoms with E-state index in [4.69, 9.17) is 0 Å². The molecule has 5 heteroatoms. The summed E-state index contributed by atoms with van der Waals surface area (Å²) in [6, 6.07) is 4.72. The van der Waals surface area contributed by atoms with E-state index in [1.807, 2.05) is 24.5 Å². The molecule has 2 rings (SSSR count). The van der Waals surface area contributed by atoms with Crippen LogP contribution in [0.1, 0.15) is 22.4 Å². The van der Waals surface area contributed by atoms with Gasteiger partial charge in [0.15, 0.2) is 0 Å². The maximum absolute atomic E-state index is 4.20. The molecular weight excluding hydrogens is 244 g/mol. The zero-order chi connectivity index (χ0) is 13.0. The van der Waals surface area contributed by atoms with Crippen molar-refractivity contribution in [1.82, 2.24) is 20.2 Å². The molecule has 0 aliphatic heterocycles. The average Bonchev–Trinajstić information content (AvgIpc) is 2.95. The lowest BCUT2D eigenvalue weighted by molar-refractivity contribution is 0.292. The highest BCUT2D eigenvalue weighted by atomic mass is 32.1. The molecule has 2 heterocycles. The zero-order valence-corrected chi connectivity index (χ0v) is 11.9. The predicted molar refractivity (Wildman–Crippen MR) is 75.8 cm³/mol. The molecular formula is C13H20N4S. The lowest BCUT2D eigenvalue weighted by Gasteiger charge is -2.23. The highest BCUT2D eigenvalue weighted by Crippen LogP contribution is 2.22. The van der Waals surface area contributed by atoms with E-state index in [2.05, 4.69) is 51.8 Å². The van der Waals surface area contributed by atoms with Crippen molar-refractivity contribution in [3.05, 3.63) is 40.1 Å². The molecule has 0 amide bonds. The van der Waals surface area contributed by atoms with Gasteiger partial charge in [-0.1, -0.05) is 6.07 Å². The second kappa shape index (κ2) is 6.13. The third-order valence-corrected chi connectivity index (χ3v) is 3.88. The molecule has 0 radical (unpaired) electrons. The van der Waals surface area contributed by atoms with Gasteiger partial charge in [-0.05, 0) is 32.5 Å². The van der Waals surface area contributed by atoms with Gasteiger partial charge in [-0.15, -0.1) is 11.3 Å². The smallest absolute Gasteiger partial charge is 0.103 e. The number of nitrogens with one attached hydrogen (secondary N) is 2. The molecule has 0 aliphatic rings. The van der Waals surface area contributed by atoms with Crippen molar-refractivity contribution >= 4 is 11.3 Å². The molecule has 0 aromatic carbocycles. The Bertz CT molecular complexity index is 461. The van der Waals surface area contributed by atoms with Crippen LogP contribution < -0.4 is 5.32 Å². The van der Waals surface area contributed by atoms with Gasteiger partial charge in [0.05, 0.1) is 6.04 Å². The van der Waals surface area contributed by atoms with Crippen LogP contribution in [-0.2, 0) is 6.54 Å². The van der Waals surface area contributed by atoms with Gasteiger partial charge in [0.25, 0.3) is 0 Å². The Kier molecular flexibility index (Phi) is 4.52. The number of hydrogen-bond donors (Lipinski definition) is 2. The van der Waals surface area contributed by atoms with E-state index in [9.17, 15) is 0 Å². The quantitative estimate of drug-likeness (QED) is 0.840. The number of aryl methyl sites for hydroxylation is 1. The van der Waals surface area contributed by atoms with Crippen molar-refractivity contribution in [2.45, 2.75) is 19.5 Å². The summed E-state index contributed by atoms with van der Waals surface area (Å²) < 4.78 is 0. The van der Waals surface area contributed by atoms with E-state index < -0.39 is 0 Å². The molecule has 18 heavy (non-hydrogen) atoms. The van der Waals surface area contributed by atoms with Crippen molar-refractivity contribution < 1.29 is 0 Å². The van der Waals surface area contributed by atoms with Crippen LogP contribution in [0.2, 0.25) is 0 Å². The molecule has 0 saturated heterocycles. The van der Waals surface area contributed by atoms with E-state index in [1.54, 1.807) is 0 Å². The van der Waals surface area contributed by atoms with E-state index >= 15 is 0 Å². The van der Waals surface area contributed by atoms with E-state index in [0.717, 1.165) is 24.6 Å². The summed E-state index contributed by atoms with van der Waals surface area (Å²) in [5.41, 5.74) is 1.14. The molecule has 0 spiro atoms. The summed E-state index contributed by atoms with van der Waals surface area (Å²) in [4.78, 5) is 11.1. The second-order valence-electron chi connectivity index (χ2n) is 4.62. The third-order valence-electron chi connectivity index (χ3n) is 2.90. The fraction of sp³-hybridized carbons (Fsp3) is 0.462. The van der Waals surface area contributed by atoms with Crippen molar-refractivity contribution in [2.75, 3.05) is 20.6 Å². The number of thiophene rings is 1. The van der Waals surface area contributed by atoms with E-state index in [1.165, 1.54) is 4.88 Å². The lowest BCUT2D eigenvalue weighted by Crippen LogP contribution is -2.30. The van der Waals surface area contributed by atoms with Crippen LogP contribution in [-0.4, -0.2) is 35.5 Å². The summed E-state index contributed by atoms with van der Waals surface area (Å²) in [5, 5.41) is 5.61. The number of aromatic nitrogens is 2. The Hall–Kier alpha value is -1.17. The standard InChI is InChI=1S/C13H20N4S/c1-10-15-8-11(16-10)7-14-9-12(17(2)3)13-5-4-6-18-13/h4-6,8,12,14H,7,9H2,1-3H3,(H,15,16). The number of rotatable bonds is 6. The first-order valence-corrected chi connectivity index (χ1v) is 6.96. The lowest BCUT2D eigenvalue weighted by atomic mass is 10.2. The Labute approximate surface area is 112 Å². The molecule has 2 aromatic heterocycles. The van der Waals surface area contributed by atoms with Crippen LogP contribution in [0, 0.1) is 6.92 Å². The minimum atomic E-state index is 0.425. The summed E-state index contributed by atoms with van der Waals surface area (Å²) in [7, 11) is 4.23. The van der Waals surface area contributed by atoms with Crippen LogP contribution in [0.5, 0.6) is 0 Å². The van der Waals surface area contributed by atoms with Crippen LogP contribution in [0.4, 0.5) is 0 Å². The highest BCUT2D eigenvalue weighted by molar-refractivity contribution is 7.10. The largest absolute Gasteiger partial charge is 0.345 e. The van der Waals surface area contributed by atoms with Crippen LogP contribution >= 0.6 is 11.3 Å². The summed E-state index contributed by atoms with van der Waals surface area (Å²) in [6.45, 7) is 3.74. The molecule has 0 fully saturated rings. The van der Waals surface area contributed by atoms with Gasteiger partial charge in [-0.25, -0.2) is 4.98 Å². The van der Waals surface area contributed by atoms with Gasteiger partial charge < -0.3 is 15.2 Å². The molecule has 0 saturated carbocycles. The first-order valence-electron chi connectivity index (χ1n) is 6.08. The molecule has 0 bridgehead atoms. The number of likely N-dealkylation sites (N-methyl/N-ethyl adjacent to an activating group) is 1. The Morgan fingerprint density at radius 3 is 2.89 bits per heavy atom. The molecule has 1 unspecified atom stereocenters. The molecule has 1 atom stereocenters. The van der Waals surface area contributed by atoms with Gasteiger partial charge >= 0.3 is 0 Å². The van der Waals surface area contributed by atoms with Crippen LogP contribution in [0.3, 0.4) is 0 Å². The van der Waals surface area contributed by atoms with Crippen molar-refractivity contribution in [2.24, 2.45) is 0 Å². The molecule has 98 valence electrons. The van der Waals surface area contributed by atoms with Crippen molar-refractivity contribution in [3.63, 3.8) is 0 Å². The van der Waals surface area contributed by atoms with Crippen molar-refractivity contribution in [1.29, 1.82) is 0 Å². The van der Waals surface area contributed by atoms with Crippen LogP contribution in [0.15, 0.2) is 23.7 Å². The third kappa shape index (κ3) is 3.41. The van der Waals surface area contributed by atoms with Gasteiger partial charge in [0, 0.05) is 29.9 Å². The molecule has 0 aliphatic carbocycles. The Morgan fingerprint density at radius 2 is 2.33 bits per heavy atom. The Balaban J connectivity index is 1.87. The highest BCUT2D eigenvalue weighted by Gasteiger charge is 2.14. The minimum Gasteiger partial charge on any atom is -0.345 e. The van der Waals surface area contributed by atoms with Gasteiger partial charge in [0.1, 0.15) is 5.82 Å². The second-order valence-corrected chi connectivity index (χ2v) is 5.60. The fourth-order valence-electron chi connectivity index (χ4n) is 1.92. The first-order chi connectivity index (χ1) is 8.66. The number of nitrogens with zero attached hydrogens (tertiary/aromatic N) is 2. The van der Waals surface area contributed by atoms with Gasteiger partial charge in [-0.3, -0.25) is 0 Å². The fourth-order valence-corrected chi connectivity index (χ4v) is 2.85. The van der Waals surface area contributed by atoms with E-state index in [-0.39, 0.29) is 0 Å². The number of aromatic amines is 1. The van der Waals surface area contributed by atoms with E-state index in [0.29, 0.717) is 6.04 Å². The maximum Gasteiger partial charge on any atom is 0.103 e. The summed E-state index contributed by atoms with van der Waals surface area (Å²) >= 11 is 1.81. The maximum atomic E-state index is 4.20. The molecule has 2 N–H and O–H groups in total. The molecule has 2 aromatic rings. The average molecular weight is 264 g/mol. The normalized spacial score (nSPS) is 13.1. The zero-order valence-electron chi connectivity index (χ0n) is 11.1. The van der Waals surface area contributed by atoms with Crippen molar-refractivity contribution in [3.8, 4) is 0 Å². The predicted octanol–water partition coefficient (Wildman–Crippen LogP) is 2.17. The van der Waals surface area contributed by atoms with Gasteiger partial charge in [0.2, 0.25) is 0 Å². The molecule has 4 nitrogen and oxygen atoms in total. The number of H-pyrrole nitrogens is 1. The topological polar surface area (TPSA) is 44.0 Å². The van der Waals surface area contributed by atoms with Crippen LogP contribution in [0.25, 0.3) is 0 Å². The number of imidazole rings is 1. The number of hydrogen-bond acceptors (Lipinski definition) is 4. The minimum absolute atomic E-state index is 0.425. The monoisotopic (exact) mass is 264 g/mol. The SMILES string of the molecule is Cc1ncc(CNCC(c2cccs2)N(C)C)[nH]1. The summed E-state index contributed by atoms with van der Waals surface area (Å²) in [6.07, 6.45) is 1.89. The Morgan fingerprint density at radius 1 is 1.50 bits per heavy atom. The summed E-state index contributed by atoms with van der Waals surface area (Å²) in [5.74, 6) is 0.967. The first kappa shape index (κ1) is 13.3. The van der Waals surface area contributed by atoms with Gasteiger partial charge in [-0.2, -0.15) is 0 Å².